The standard InChI is InChI=1S/C19H30N4OS.ClH/c1-15-2-9-22(10-3-15)18(24)14-23(13-17-21-8-11-25-17)16-12-19(16)4-6-20-7-5-19;/h8,11,15-16,20H,2-7,9-10,12-14H2,1H3;1H. The van der Waals surface area contributed by atoms with E-state index < -0.39 is 0 Å². The van der Waals surface area contributed by atoms with Gasteiger partial charge in [-0.05, 0) is 56.5 Å². The number of aromatic nitrogens is 1. The molecule has 2 saturated heterocycles. The number of hydrogen-bond acceptors (Lipinski definition) is 5. The Morgan fingerprint density at radius 3 is 2.77 bits per heavy atom. The van der Waals surface area contributed by atoms with Gasteiger partial charge in [0.2, 0.25) is 5.91 Å². The van der Waals surface area contributed by atoms with Gasteiger partial charge in [0.05, 0.1) is 13.1 Å². The van der Waals surface area contributed by atoms with Crippen molar-refractivity contribution in [2.45, 2.75) is 51.6 Å². The first kappa shape index (κ1) is 20.1. The summed E-state index contributed by atoms with van der Waals surface area (Å²) in [6, 6.07) is 0.561. The normalized spacial score (nSPS) is 25.3. The zero-order chi connectivity index (χ0) is 17.3. The smallest absolute Gasteiger partial charge is 0.236 e. The van der Waals surface area contributed by atoms with Gasteiger partial charge in [0, 0.05) is 30.7 Å². The van der Waals surface area contributed by atoms with Crippen molar-refractivity contribution in [2.24, 2.45) is 11.3 Å². The molecule has 26 heavy (non-hydrogen) atoms. The molecule has 1 saturated carbocycles. The van der Waals surface area contributed by atoms with Crippen molar-refractivity contribution in [3.05, 3.63) is 16.6 Å². The van der Waals surface area contributed by atoms with Crippen molar-refractivity contribution in [2.75, 3.05) is 32.7 Å². The predicted octanol–water partition coefficient (Wildman–Crippen LogP) is 2.77. The van der Waals surface area contributed by atoms with Crippen LogP contribution in [0.15, 0.2) is 11.6 Å². The minimum atomic E-state index is 0. The number of amides is 1. The van der Waals surface area contributed by atoms with Crippen LogP contribution in [-0.2, 0) is 11.3 Å². The lowest BCUT2D eigenvalue weighted by Crippen LogP contribution is -2.45. The summed E-state index contributed by atoms with van der Waals surface area (Å²) >= 11 is 1.70. The van der Waals surface area contributed by atoms with Crippen molar-refractivity contribution < 1.29 is 4.79 Å². The van der Waals surface area contributed by atoms with Crippen LogP contribution in [-0.4, -0.2) is 59.5 Å². The van der Waals surface area contributed by atoms with Crippen LogP contribution in [0.1, 0.15) is 44.0 Å². The molecule has 1 amide bonds. The lowest BCUT2D eigenvalue weighted by atomic mass is 9.93. The van der Waals surface area contributed by atoms with Gasteiger partial charge in [-0.15, -0.1) is 23.7 Å². The Bertz CT molecular complexity index is 582. The molecule has 3 heterocycles. The van der Waals surface area contributed by atoms with E-state index in [0.29, 0.717) is 23.9 Å². The molecule has 4 rings (SSSR count). The van der Waals surface area contributed by atoms with Crippen LogP contribution in [0.25, 0.3) is 0 Å². The highest BCUT2D eigenvalue weighted by Crippen LogP contribution is 2.56. The Morgan fingerprint density at radius 1 is 1.38 bits per heavy atom. The SMILES string of the molecule is CC1CCN(C(=O)CN(Cc2nccs2)C2CC23CCNCC3)CC1.Cl. The number of nitrogens with one attached hydrogen (secondary N) is 1. The van der Waals surface area contributed by atoms with Crippen LogP contribution in [0.4, 0.5) is 0 Å². The lowest BCUT2D eigenvalue weighted by molar-refractivity contribution is -0.134. The maximum absolute atomic E-state index is 12.9. The van der Waals surface area contributed by atoms with Gasteiger partial charge in [-0.3, -0.25) is 9.69 Å². The molecule has 0 bridgehead atoms. The minimum Gasteiger partial charge on any atom is -0.342 e. The van der Waals surface area contributed by atoms with Crippen LogP contribution >= 0.6 is 23.7 Å². The summed E-state index contributed by atoms with van der Waals surface area (Å²) in [5, 5.41) is 6.65. The van der Waals surface area contributed by atoms with Gasteiger partial charge in [-0.2, -0.15) is 0 Å². The third-order valence-electron chi connectivity index (χ3n) is 6.48. The number of carbonyl (C=O) groups excluding carboxylic acids is 1. The number of rotatable bonds is 5. The van der Waals surface area contributed by atoms with Crippen LogP contribution < -0.4 is 5.32 Å². The Labute approximate surface area is 166 Å². The van der Waals surface area contributed by atoms with E-state index in [1.54, 1.807) is 11.3 Å². The molecule has 1 spiro atoms. The molecule has 1 atom stereocenters. The van der Waals surface area contributed by atoms with E-state index in [9.17, 15) is 4.79 Å². The van der Waals surface area contributed by atoms with Crippen LogP contribution in [0.2, 0.25) is 0 Å². The number of hydrogen-bond donors (Lipinski definition) is 1. The van der Waals surface area contributed by atoms with Crippen molar-refractivity contribution in [1.82, 2.24) is 20.1 Å². The van der Waals surface area contributed by atoms with Crippen molar-refractivity contribution in [3.8, 4) is 0 Å². The van der Waals surface area contributed by atoms with Crippen LogP contribution in [0.3, 0.4) is 0 Å². The maximum atomic E-state index is 12.9. The van der Waals surface area contributed by atoms with Gasteiger partial charge in [0.1, 0.15) is 5.01 Å². The molecule has 3 aliphatic rings. The van der Waals surface area contributed by atoms with Crippen molar-refractivity contribution >= 4 is 29.7 Å². The van der Waals surface area contributed by atoms with Gasteiger partial charge in [0.15, 0.2) is 0 Å². The summed E-state index contributed by atoms with van der Waals surface area (Å²) in [4.78, 5) is 21.9. The van der Waals surface area contributed by atoms with Gasteiger partial charge >= 0.3 is 0 Å². The Morgan fingerprint density at radius 2 is 2.12 bits per heavy atom. The molecule has 2 aliphatic heterocycles. The highest BCUT2D eigenvalue weighted by molar-refractivity contribution is 7.09. The Balaban J connectivity index is 0.00000196. The molecule has 1 unspecified atom stereocenters. The second kappa shape index (κ2) is 8.55. The molecule has 1 aromatic rings. The van der Waals surface area contributed by atoms with E-state index in [2.05, 4.69) is 27.0 Å². The summed E-state index contributed by atoms with van der Waals surface area (Å²) in [6.45, 7) is 7.80. The van der Waals surface area contributed by atoms with E-state index in [-0.39, 0.29) is 12.4 Å². The molecule has 0 aromatic carbocycles. The largest absolute Gasteiger partial charge is 0.342 e. The molecule has 1 aliphatic carbocycles. The maximum Gasteiger partial charge on any atom is 0.236 e. The van der Waals surface area contributed by atoms with Crippen LogP contribution in [0.5, 0.6) is 0 Å². The van der Waals surface area contributed by atoms with Gasteiger partial charge in [-0.1, -0.05) is 6.92 Å². The zero-order valence-electron chi connectivity index (χ0n) is 15.7. The number of carbonyl (C=O) groups is 1. The summed E-state index contributed by atoms with van der Waals surface area (Å²) in [7, 11) is 0. The molecular weight excluding hydrogens is 368 g/mol. The fourth-order valence-corrected chi connectivity index (χ4v) is 5.26. The quantitative estimate of drug-likeness (QED) is 0.828. The van der Waals surface area contributed by atoms with E-state index in [1.165, 1.54) is 19.3 Å². The van der Waals surface area contributed by atoms with E-state index >= 15 is 0 Å². The first-order valence-corrected chi connectivity index (χ1v) is 10.7. The molecule has 1 aromatic heterocycles. The number of nitrogens with zero attached hydrogens (tertiary/aromatic N) is 3. The summed E-state index contributed by atoms with van der Waals surface area (Å²) in [6.07, 6.45) is 7.93. The topological polar surface area (TPSA) is 48.5 Å². The number of thiazole rings is 1. The summed E-state index contributed by atoms with van der Waals surface area (Å²) in [5.41, 5.74) is 0.458. The second-order valence-electron chi connectivity index (χ2n) is 8.23. The molecule has 3 fully saturated rings. The first-order valence-electron chi connectivity index (χ1n) is 9.77. The molecular formula is C19H31ClN4OS. The molecule has 0 radical (unpaired) electrons. The second-order valence-corrected chi connectivity index (χ2v) is 9.21. The van der Waals surface area contributed by atoms with Gasteiger partial charge in [-0.25, -0.2) is 4.98 Å². The number of halogens is 1. The highest BCUT2D eigenvalue weighted by Gasteiger charge is 2.56. The van der Waals surface area contributed by atoms with Crippen molar-refractivity contribution in [3.63, 3.8) is 0 Å². The third-order valence-corrected chi connectivity index (χ3v) is 7.25. The summed E-state index contributed by atoms with van der Waals surface area (Å²) < 4.78 is 0. The molecule has 5 nitrogen and oxygen atoms in total. The van der Waals surface area contributed by atoms with E-state index in [0.717, 1.165) is 56.5 Å². The fourth-order valence-electron chi connectivity index (χ4n) is 4.62. The average molecular weight is 399 g/mol. The lowest BCUT2D eigenvalue weighted by Gasteiger charge is -2.33. The third kappa shape index (κ3) is 4.41. The van der Waals surface area contributed by atoms with Gasteiger partial charge < -0.3 is 10.2 Å². The van der Waals surface area contributed by atoms with E-state index in [1.807, 2.05) is 11.6 Å². The monoisotopic (exact) mass is 398 g/mol. The molecule has 7 heteroatoms. The Hall–Kier alpha value is -0.690. The molecule has 1 N–H and O–H groups in total. The number of likely N-dealkylation sites (tertiary alicyclic amines) is 1. The Kier molecular flexibility index (Phi) is 6.59. The first-order chi connectivity index (χ1) is 12.2. The van der Waals surface area contributed by atoms with E-state index in [4.69, 9.17) is 0 Å². The summed E-state index contributed by atoms with van der Waals surface area (Å²) in [5.74, 6) is 1.08. The minimum absolute atomic E-state index is 0. The number of piperidine rings is 2. The average Bonchev–Trinajstić information content (AvgIpc) is 3.05. The predicted molar refractivity (Wildman–Crippen MR) is 108 cm³/mol. The van der Waals surface area contributed by atoms with Gasteiger partial charge in [0.25, 0.3) is 0 Å². The van der Waals surface area contributed by atoms with Crippen molar-refractivity contribution in [1.29, 1.82) is 0 Å². The fraction of sp³-hybridized carbons (Fsp3) is 0.789. The zero-order valence-corrected chi connectivity index (χ0v) is 17.3. The molecule has 146 valence electrons. The van der Waals surface area contributed by atoms with Crippen LogP contribution in [0, 0.1) is 11.3 Å². The highest BCUT2D eigenvalue weighted by atomic mass is 35.5.